The minimum absolute atomic E-state index is 0.340. The van der Waals surface area contributed by atoms with Crippen LogP contribution >= 0.6 is 23.4 Å². The second-order valence-electron chi connectivity index (χ2n) is 7.24. The molecule has 0 spiro atoms. The zero-order chi connectivity index (χ0) is 23.0. The third-order valence-electron chi connectivity index (χ3n) is 4.74. The van der Waals surface area contributed by atoms with Crippen LogP contribution in [0.1, 0.15) is 22.3 Å². The Morgan fingerprint density at radius 1 is 1.09 bits per heavy atom. The van der Waals surface area contributed by atoms with Gasteiger partial charge in [-0.15, -0.1) is 10.2 Å². The molecule has 4 aromatic rings. The molecule has 168 valence electrons. The molecule has 3 aromatic carbocycles. The summed E-state index contributed by atoms with van der Waals surface area (Å²) in [6, 6.07) is 23.5. The Hall–Kier alpha value is -3.49. The molecular weight excluding hydrogens is 456 g/mol. The number of para-hydroxylation sites is 1. The highest BCUT2D eigenvalue weighted by Gasteiger charge is 2.10. The lowest BCUT2D eigenvalue weighted by atomic mass is 10.2. The molecule has 4 rings (SSSR count). The number of nitrogens with two attached hydrogens (primary N) is 1. The van der Waals surface area contributed by atoms with Gasteiger partial charge in [0.05, 0.1) is 6.21 Å². The monoisotopic (exact) mass is 478 g/mol. The number of hydrogen-bond donors (Lipinski definition) is 2. The first-order valence-corrected chi connectivity index (χ1v) is 11.6. The lowest BCUT2D eigenvalue weighted by molar-refractivity contribution is 0.306. The number of hydrazone groups is 1. The van der Waals surface area contributed by atoms with Crippen LogP contribution in [-0.4, -0.2) is 21.1 Å². The van der Waals surface area contributed by atoms with Crippen LogP contribution in [0.25, 0.3) is 0 Å². The fraction of sp³-hybridized carbons (Fsp3) is 0.125. The molecule has 1 heterocycles. The third kappa shape index (κ3) is 6.06. The summed E-state index contributed by atoms with van der Waals surface area (Å²) in [6.07, 6.45) is 1.65. The predicted molar refractivity (Wildman–Crippen MR) is 134 cm³/mol. The van der Waals surface area contributed by atoms with Crippen molar-refractivity contribution >= 4 is 35.5 Å². The molecule has 0 bridgehead atoms. The van der Waals surface area contributed by atoms with Gasteiger partial charge in [-0.25, -0.2) is 10.1 Å². The Balaban J connectivity index is 1.37. The number of benzene rings is 3. The first kappa shape index (κ1) is 22.7. The van der Waals surface area contributed by atoms with Crippen LogP contribution in [0.5, 0.6) is 5.75 Å². The highest BCUT2D eigenvalue weighted by atomic mass is 35.5. The number of aromatic nitrogens is 3. The van der Waals surface area contributed by atoms with E-state index in [1.807, 2.05) is 54.6 Å². The highest BCUT2D eigenvalue weighted by molar-refractivity contribution is 7.98. The van der Waals surface area contributed by atoms with Gasteiger partial charge in [-0.2, -0.15) is 5.10 Å². The lowest BCUT2D eigenvalue weighted by Crippen LogP contribution is -2.13. The van der Waals surface area contributed by atoms with E-state index in [1.54, 1.807) is 6.21 Å². The number of nitrogens with one attached hydrogen (secondary N) is 1. The molecular formula is C24H23ClN6OS. The first-order valence-electron chi connectivity index (χ1n) is 10.2. The largest absolute Gasteiger partial charge is 0.488 e. The molecule has 0 saturated carbocycles. The van der Waals surface area contributed by atoms with Crippen LogP contribution in [0.4, 0.5) is 5.95 Å². The zero-order valence-corrected chi connectivity index (χ0v) is 19.6. The Morgan fingerprint density at radius 3 is 2.76 bits per heavy atom. The number of nitrogens with zero attached hydrogens (tertiary/aromatic N) is 4. The van der Waals surface area contributed by atoms with Crippen molar-refractivity contribution in [3.63, 3.8) is 0 Å². The van der Waals surface area contributed by atoms with Gasteiger partial charge in [0.2, 0.25) is 5.16 Å². The fourth-order valence-electron chi connectivity index (χ4n) is 3.05. The average molecular weight is 479 g/mol. The second kappa shape index (κ2) is 10.9. The van der Waals surface area contributed by atoms with E-state index in [0.717, 1.165) is 16.9 Å². The van der Waals surface area contributed by atoms with Crippen molar-refractivity contribution in [2.45, 2.75) is 24.4 Å². The van der Waals surface area contributed by atoms with Crippen LogP contribution in [-0.2, 0) is 12.4 Å². The number of aryl methyl sites for hydroxylation is 1. The molecule has 9 heteroatoms. The molecule has 7 nitrogen and oxygen atoms in total. The number of anilines is 1. The molecule has 3 N–H and O–H groups in total. The summed E-state index contributed by atoms with van der Waals surface area (Å²) >= 11 is 7.73. The molecule has 0 radical (unpaired) electrons. The van der Waals surface area contributed by atoms with E-state index >= 15 is 0 Å². The van der Waals surface area contributed by atoms with Crippen molar-refractivity contribution in [2.24, 2.45) is 5.10 Å². The van der Waals surface area contributed by atoms with E-state index in [0.29, 0.717) is 28.5 Å². The molecule has 33 heavy (non-hydrogen) atoms. The lowest BCUT2D eigenvalue weighted by Gasteiger charge is -2.10. The molecule has 1 aromatic heterocycles. The van der Waals surface area contributed by atoms with Gasteiger partial charge in [0.1, 0.15) is 12.4 Å². The van der Waals surface area contributed by atoms with Crippen LogP contribution < -0.4 is 16.0 Å². The molecule has 0 fully saturated rings. The second-order valence-corrected chi connectivity index (χ2v) is 8.59. The topological polar surface area (TPSA) is 90.4 Å². The van der Waals surface area contributed by atoms with Crippen LogP contribution in [0, 0.1) is 6.92 Å². The van der Waals surface area contributed by atoms with E-state index in [4.69, 9.17) is 22.2 Å². The van der Waals surface area contributed by atoms with E-state index in [9.17, 15) is 0 Å². The standard InChI is InChI=1S/C24H23ClN6OS/c1-17-7-6-8-18(13-17)16-33-24-30-29-23(31(24)26)28-27-14-19-9-3-5-12-22(19)32-15-20-10-2-4-11-21(20)25/h2-14H,15-16,26H2,1H3,(H,28,29)/b27-14+. The Kier molecular flexibility index (Phi) is 7.49. The summed E-state index contributed by atoms with van der Waals surface area (Å²) in [5.41, 5.74) is 6.97. The quantitative estimate of drug-likeness (QED) is 0.147. The van der Waals surface area contributed by atoms with E-state index in [-0.39, 0.29) is 0 Å². The fourth-order valence-corrected chi connectivity index (χ4v) is 4.04. The average Bonchev–Trinajstić information content (AvgIpc) is 3.17. The van der Waals surface area contributed by atoms with E-state index in [2.05, 4.69) is 45.8 Å². The Morgan fingerprint density at radius 2 is 1.91 bits per heavy atom. The summed E-state index contributed by atoms with van der Waals surface area (Å²) in [7, 11) is 0. The maximum Gasteiger partial charge on any atom is 0.264 e. The van der Waals surface area contributed by atoms with Gasteiger partial charge in [-0.05, 0) is 30.7 Å². The van der Waals surface area contributed by atoms with Gasteiger partial charge in [-0.1, -0.05) is 83.5 Å². The molecule has 0 aliphatic carbocycles. The van der Waals surface area contributed by atoms with E-state index < -0.39 is 0 Å². The maximum atomic E-state index is 6.22. The number of nitrogen functional groups attached to an aromatic ring is 1. The number of hydrogen-bond acceptors (Lipinski definition) is 7. The van der Waals surface area contributed by atoms with Gasteiger partial charge in [-0.3, -0.25) is 0 Å². The normalized spacial score (nSPS) is 11.1. The van der Waals surface area contributed by atoms with Gasteiger partial charge >= 0.3 is 0 Å². The van der Waals surface area contributed by atoms with Crippen LogP contribution in [0.3, 0.4) is 0 Å². The number of ether oxygens (including phenoxy) is 1. The smallest absolute Gasteiger partial charge is 0.264 e. The Bertz CT molecular complexity index is 1260. The SMILES string of the molecule is Cc1cccc(CSc2nnc(N/N=C/c3ccccc3OCc3ccccc3Cl)n2N)c1. The Labute approximate surface area is 201 Å². The zero-order valence-electron chi connectivity index (χ0n) is 18.0. The molecule has 0 atom stereocenters. The van der Waals surface area contributed by atoms with Crippen molar-refractivity contribution in [1.29, 1.82) is 0 Å². The number of thioether (sulfide) groups is 1. The van der Waals surface area contributed by atoms with Crippen molar-refractivity contribution in [1.82, 2.24) is 14.9 Å². The summed E-state index contributed by atoms with van der Waals surface area (Å²) in [6.45, 7) is 2.43. The molecule has 0 aliphatic heterocycles. The summed E-state index contributed by atoms with van der Waals surface area (Å²) in [4.78, 5) is 0. The van der Waals surface area contributed by atoms with Crippen molar-refractivity contribution in [2.75, 3.05) is 11.3 Å². The first-order chi connectivity index (χ1) is 16.1. The highest BCUT2D eigenvalue weighted by Crippen LogP contribution is 2.23. The number of rotatable bonds is 9. The molecule has 0 unspecified atom stereocenters. The van der Waals surface area contributed by atoms with Gasteiger partial charge in [0.25, 0.3) is 5.95 Å². The summed E-state index contributed by atoms with van der Waals surface area (Å²) < 4.78 is 7.34. The number of halogens is 1. The maximum absolute atomic E-state index is 6.22. The van der Waals surface area contributed by atoms with Gasteiger partial charge < -0.3 is 10.6 Å². The predicted octanol–water partition coefficient (Wildman–Crippen LogP) is 5.27. The molecule has 0 saturated heterocycles. The molecule has 0 amide bonds. The minimum Gasteiger partial charge on any atom is -0.488 e. The summed E-state index contributed by atoms with van der Waals surface area (Å²) in [5, 5.41) is 13.7. The summed E-state index contributed by atoms with van der Waals surface area (Å²) in [5.74, 6) is 7.90. The van der Waals surface area contributed by atoms with E-state index in [1.165, 1.54) is 27.6 Å². The minimum atomic E-state index is 0.340. The van der Waals surface area contributed by atoms with Crippen LogP contribution in [0.15, 0.2) is 83.1 Å². The van der Waals surface area contributed by atoms with Gasteiger partial charge in [0.15, 0.2) is 0 Å². The van der Waals surface area contributed by atoms with Crippen molar-refractivity contribution in [3.05, 3.63) is 100 Å². The van der Waals surface area contributed by atoms with Crippen LogP contribution in [0.2, 0.25) is 5.02 Å². The third-order valence-corrected chi connectivity index (χ3v) is 6.13. The molecule has 0 aliphatic rings. The van der Waals surface area contributed by atoms with Gasteiger partial charge in [0, 0.05) is 21.9 Å². The van der Waals surface area contributed by atoms with Crippen molar-refractivity contribution < 1.29 is 4.74 Å². The van der Waals surface area contributed by atoms with Crippen molar-refractivity contribution in [3.8, 4) is 5.75 Å².